The van der Waals surface area contributed by atoms with Gasteiger partial charge in [-0.05, 0) is 76.0 Å². The van der Waals surface area contributed by atoms with E-state index >= 15 is 0 Å². The first-order valence-electron chi connectivity index (χ1n) is 13.8. The highest BCUT2D eigenvalue weighted by atomic mass is 35.5. The molecule has 0 radical (unpaired) electrons. The molecule has 0 saturated carbocycles. The Morgan fingerprint density at radius 3 is 2.24 bits per heavy atom. The average Bonchev–Trinajstić information content (AvgIpc) is 2.92. The molecule has 0 spiro atoms. The third-order valence-corrected chi connectivity index (χ3v) is 7.76. The smallest absolute Gasteiger partial charge is 0.245 e. The molecule has 0 unspecified atom stereocenters. The van der Waals surface area contributed by atoms with Crippen LogP contribution in [0.3, 0.4) is 0 Å². The summed E-state index contributed by atoms with van der Waals surface area (Å²) in [7, 11) is 4.03. The zero-order valence-electron chi connectivity index (χ0n) is 23.0. The average molecular weight is 540 g/mol. The summed E-state index contributed by atoms with van der Waals surface area (Å²) in [5.41, 5.74) is 1.42. The van der Waals surface area contributed by atoms with E-state index < -0.39 is 11.5 Å². The lowest BCUT2D eigenvalue weighted by Gasteiger charge is -2.42. The Balaban J connectivity index is 1.72. The van der Waals surface area contributed by atoms with Crippen molar-refractivity contribution in [2.45, 2.75) is 69.7 Å². The second kappa shape index (κ2) is 14.5. The number of carbonyl (C=O) groups excluding carboxylic acids is 3. The lowest BCUT2D eigenvalue weighted by atomic mass is 9.68. The van der Waals surface area contributed by atoms with Crippen molar-refractivity contribution < 1.29 is 14.4 Å². The predicted octanol–water partition coefficient (Wildman–Crippen LogP) is 5.03. The molecule has 0 aliphatic carbocycles. The molecule has 1 heterocycles. The highest BCUT2D eigenvalue weighted by Crippen LogP contribution is 2.38. The van der Waals surface area contributed by atoms with Crippen LogP contribution in [0.2, 0.25) is 5.02 Å². The van der Waals surface area contributed by atoms with Crippen LogP contribution in [-0.2, 0) is 26.2 Å². The van der Waals surface area contributed by atoms with E-state index in [4.69, 9.17) is 11.6 Å². The third kappa shape index (κ3) is 8.15. The van der Waals surface area contributed by atoms with E-state index in [-0.39, 0.29) is 17.6 Å². The number of ketones is 1. The Labute approximate surface area is 232 Å². The first kappa shape index (κ1) is 29.9. The number of hydrogen-bond acceptors (Lipinski definition) is 4. The van der Waals surface area contributed by atoms with Gasteiger partial charge in [0.2, 0.25) is 11.8 Å². The monoisotopic (exact) mass is 539 g/mol. The molecule has 2 aromatic rings. The van der Waals surface area contributed by atoms with Gasteiger partial charge in [0.05, 0.1) is 5.41 Å². The summed E-state index contributed by atoms with van der Waals surface area (Å²) in [5, 5.41) is 3.65. The van der Waals surface area contributed by atoms with Crippen molar-refractivity contribution in [3.8, 4) is 0 Å². The minimum Gasteiger partial charge on any atom is -0.344 e. The van der Waals surface area contributed by atoms with Crippen LogP contribution in [-0.4, -0.2) is 67.2 Å². The van der Waals surface area contributed by atoms with Gasteiger partial charge < -0.3 is 15.1 Å². The van der Waals surface area contributed by atoms with E-state index in [2.05, 4.69) is 10.2 Å². The maximum Gasteiger partial charge on any atom is 0.245 e. The predicted molar refractivity (Wildman–Crippen MR) is 153 cm³/mol. The topological polar surface area (TPSA) is 69.7 Å². The van der Waals surface area contributed by atoms with Crippen molar-refractivity contribution in [2.24, 2.45) is 0 Å². The van der Waals surface area contributed by atoms with Crippen LogP contribution in [0, 0.1) is 0 Å². The van der Waals surface area contributed by atoms with Gasteiger partial charge >= 0.3 is 0 Å². The van der Waals surface area contributed by atoms with E-state index in [0.717, 1.165) is 36.9 Å². The fourth-order valence-corrected chi connectivity index (χ4v) is 5.44. The number of piperidine rings is 1. The van der Waals surface area contributed by atoms with Crippen molar-refractivity contribution in [1.82, 2.24) is 15.1 Å². The van der Waals surface area contributed by atoms with Crippen LogP contribution in [0.15, 0.2) is 54.6 Å². The SMILES string of the molecule is CCCC(=O)C1(c2ccccc2)CCN(C(=O)[C@@H](Cc2ccc(Cl)cc2)NC(=O)CCCCN(C)C)CC1. The van der Waals surface area contributed by atoms with Gasteiger partial charge in [0, 0.05) is 37.4 Å². The number of unbranched alkanes of at least 4 members (excludes halogenated alkanes) is 1. The molecular weight excluding hydrogens is 498 g/mol. The summed E-state index contributed by atoms with van der Waals surface area (Å²) >= 11 is 6.06. The summed E-state index contributed by atoms with van der Waals surface area (Å²) < 4.78 is 0. The Bertz CT molecular complexity index is 1050. The first-order chi connectivity index (χ1) is 18.2. The van der Waals surface area contributed by atoms with E-state index in [1.165, 1.54) is 0 Å². The molecule has 1 N–H and O–H groups in total. The lowest BCUT2D eigenvalue weighted by Crippen LogP contribution is -2.55. The van der Waals surface area contributed by atoms with Crippen LogP contribution >= 0.6 is 11.6 Å². The van der Waals surface area contributed by atoms with Crippen LogP contribution in [0.25, 0.3) is 0 Å². The zero-order chi connectivity index (χ0) is 27.5. The molecule has 7 heteroatoms. The molecule has 0 aromatic heterocycles. The van der Waals surface area contributed by atoms with Crippen molar-refractivity contribution in [3.63, 3.8) is 0 Å². The van der Waals surface area contributed by atoms with Gasteiger partial charge in [-0.15, -0.1) is 0 Å². The quantitative estimate of drug-likeness (QED) is 0.362. The number of amides is 2. The van der Waals surface area contributed by atoms with Gasteiger partial charge in [0.15, 0.2) is 0 Å². The number of benzene rings is 2. The van der Waals surface area contributed by atoms with Crippen LogP contribution in [0.5, 0.6) is 0 Å². The van der Waals surface area contributed by atoms with Crippen molar-refractivity contribution in [2.75, 3.05) is 33.7 Å². The van der Waals surface area contributed by atoms with Gasteiger partial charge in [-0.1, -0.05) is 61.0 Å². The van der Waals surface area contributed by atoms with E-state index in [9.17, 15) is 14.4 Å². The minimum absolute atomic E-state index is 0.0915. The third-order valence-electron chi connectivity index (χ3n) is 7.51. The summed E-state index contributed by atoms with van der Waals surface area (Å²) in [4.78, 5) is 43.8. The first-order valence-corrected chi connectivity index (χ1v) is 14.2. The maximum absolute atomic E-state index is 13.8. The van der Waals surface area contributed by atoms with Crippen LogP contribution in [0.1, 0.15) is 63.0 Å². The molecule has 3 rings (SSSR count). The number of rotatable bonds is 13. The highest BCUT2D eigenvalue weighted by molar-refractivity contribution is 6.30. The fraction of sp³-hybridized carbons (Fsp3) is 0.516. The van der Waals surface area contributed by atoms with Gasteiger partial charge in [-0.2, -0.15) is 0 Å². The van der Waals surface area contributed by atoms with Crippen molar-refractivity contribution in [1.29, 1.82) is 0 Å². The van der Waals surface area contributed by atoms with E-state index in [1.54, 1.807) is 12.1 Å². The molecule has 6 nitrogen and oxygen atoms in total. The number of nitrogens with one attached hydrogen (secondary N) is 1. The van der Waals surface area contributed by atoms with Gasteiger partial charge in [-0.25, -0.2) is 0 Å². The number of hydrogen-bond donors (Lipinski definition) is 1. The molecule has 2 aromatic carbocycles. The lowest BCUT2D eigenvalue weighted by molar-refractivity contribution is -0.139. The molecule has 2 amide bonds. The summed E-state index contributed by atoms with van der Waals surface area (Å²) in [6.45, 7) is 3.92. The minimum atomic E-state index is -0.659. The Kier molecular flexibility index (Phi) is 11.4. The van der Waals surface area contributed by atoms with E-state index in [1.807, 2.05) is 68.4 Å². The molecular formula is C31H42ClN3O3. The highest BCUT2D eigenvalue weighted by Gasteiger charge is 2.43. The van der Waals surface area contributed by atoms with Crippen molar-refractivity contribution >= 4 is 29.2 Å². The Hall–Kier alpha value is -2.70. The number of halogens is 1. The summed E-state index contributed by atoms with van der Waals surface area (Å²) in [6, 6.07) is 16.7. The van der Waals surface area contributed by atoms with Gasteiger partial charge in [0.1, 0.15) is 11.8 Å². The van der Waals surface area contributed by atoms with Crippen molar-refractivity contribution in [3.05, 3.63) is 70.7 Å². The summed E-state index contributed by atoms with van der Waals surface area (Å²) in [6.07, 6.45) is 5.01. The maximum atomic E-state index is 13.8. The van der Waals surface area contributed by atoms with Crippen LogP contribution < -0.4 is 5.32 Å². The zero-order valence-corrected chi connectivity index (χ0v) is 23.8. The molecule has 1 atom stereocenters. The number of Topliss-reactive ketones (excluding diaryl/α,β-unsaturated/α-hetero) is 1. The Morgan fingerprint density at radius 2 is 1.63 bits per heavy atom. The second-order valence-electron chi connectivity index (χ2n) is 10.7. The Morgan fingerprint density at radius 1 is 0.974 bits per heavy atom. The van der Waals surface area contributed by atoms with Crippen LogP contribution in [0.4, 0.5) is 0 Å². The summed E-state index contributed by atoms with van der Waals surface area (Å²) in [5.74, 6) is 0.0538. The molecule has 206 valence electrons. The molecule has 1 aliphatic heterocycles. The molecule has 1 aliphatic rings. The fourth-order valence-electron chi connectivity index (χ4n) is 5.32. The largest absolute Gasteiger partial charge is 0.344 e. The number of carbonyl (C=O) groups is 3. The molecule has 38 heavy (non-hydrogen) atoms. The molecule has 1 saturated heterocycles. The molecule has 1 fully saturated rings. The molecule has 0 bridgehead atoms. The number of likely N-dealkylation sites (tertiary alicyclic amines) is 1. The van der Waals surface area contributed by atoms with Gasteiger partial charge in [-0.3, -0.25) is 14.4 Å². The standard InChI is InChI=1S/C31H42ClN3O3/c1-4-10-28(36)31(25-11-6-5-7-12-25)18-21-35(22-19-31)30(38)27(23-24-14-16-26(32)17-15-24)33-29(37)13-8-9-20-34(2)3/h5-7,11-12,14-17,27H,4,8-10,13,18-23H2,1-3H3,(H,33,37)/t27-/m1/s1. The number of nitrogens with zero attached hydrogens (tertiary/aromatic N) is 2. The van der Waals surface area contributed by atoms with E-state index in [0.29, 0.717) is 50.2 Å². The second-order valence-corrected chi connectivity index (χ2v) is 11.1. The normalized spacial score (nSPS) is 15.8. The van der Waals surface area contributed by atoms with Gasteiger partial charge in [0.25, 0.3) is 0 Å².